The summed E-state index contributed by atoms with van der Waals surface area (Å²) in [5, 5.41) is 8.92. The molecule has 1 heterocycles. The number of aliphatic carboxylic acids is 1. The highest BCUT2D eigenvalue weighted by Gasteiger charge is 2.27. The molecule has 0 spiro atoms. The van der Waals surface area contributed by atoms with Crippen molar-refractivity contribution < 1.29 is 9.90 Å². The molecular weight excluding hydrogens is 250 g/mol. The minimum Gasteiger partial charge on any atom is -0.481 e. The Balaban J connectivity index is 0.00000162. The van der Waals surface area contributed by atoms with Gasteiger partial charge in [0.1, 0.15) is 0 Å². The van der Waals surface area contributed by atoms with E-state index in [0.717, 1.165) is 25.9 Å². The fourth-order valence-electron chi connectivity index (χ4n) is 2.28. The lowest BCUT2D eigenvalue weighted by Gasteiger charge is -2.14. The first kappa shape index (κ1) is 15.0. The molecule has 0 aromatic heterocycles. The number of carboxylic acids is 1. The van der Waals surface area contributed by atoms with Gasteiger partial charge in [0.2, 0.25) is 0 Å². The summed E-state index contributed by atoms with van der Waals surface area (Å²) in [7, 11) is 0. The third-order valence-corrected chi connectivity index (χ3v) is 3.46. The van der Waals surface area contributed by atoms with E-state index in [1.807, 2.05) is 0 Å². The summed E-state index contributed by atoms with van der Waals surface area (Å²) in [6, 6.07) is 8.55. The second-order valence-corrected chi connectivity index (χ2v) is 4.86. The third kappa shape index (κ3) is 4.00. The molecule has 2 rings (SSSR count). The molecule has 100 valence electrons. The van der Waals surface area contributed by atoms with Crippen LogP contribution in [0.25, 0.3) is 0 Å². The van der Waals surface area contributed by atoms with Gasteiger partial charge in [0, 0.05) is 13.1 Å². The molecule has 0 radical (unpaired) electrons. The van der Waals surface area contributed by atoms with Gasteiger partial charge in [-0.1, -0.05) is 29.8 Å². The van der Waals surface area contributed by atoms with E-state index in [1.54, 1.807) is 0 Å². The zero-order chi connectivity index (χ0) is 12.3. The summed E-state index contributed by atoms with van der Waals surface area (Å²) in [5.74, 6) is -0.809. The van der Waals surface area contributed by atoms with E-state index in [9.17, 15) is 4.79 Å². The molecule has 1 atom stereocenters. The van der Waals surface area contributed by atoms with E-state index in [-0.39, 0.29) is 18.3 Å². The van der Waals surface area contributed by atoms with Crippen LogP contribution < -0.4 is 0 Å². The molecule has 1 fully saturated rings. The predicted molar refractivity (Wildman–Crippen MR) is 74.3 cm³/mol. The molecule has 0 saturated carbocycles. The van der Waals surface area contributed by atoms with Gasteiger partial charge in [0.05, 0.1) is 5.92 Å². The van der Waals surface area contributed by atoms with Crippen molar-refractivity contribution in [3.8, 4) is 0 Å². The first-order valence-electron chi connectivity index (χ1n) is 6.16. The molecule has 3 nitrogen and oxygen atoms in total. The van der Waals surface area contributed by atoms with Crippen LogP contribution in [0.3, 0.4) is 0 Å². The second-order valence-electron chi connectivity index (χ2n) is 4.86. The SMILES string of the molecule is Cc1ccc(CCN2CCC(C(=O)O)C2)cc1.Cl. The lowest BCUT2D eigenvalue weighted by Crippen LogP contribution is -2.25. The first-order valence-corrected chi connectivity index (χ1v) is 6.16. The van der Waals surface area contributed by atoms with Crippen LogP contribution in [0.2, 0.25) is 0 Å². The highest BCUT2D eigenvalue weighted by molar-refractivity contribution is 5.85. The number of carbonyl (C=O) groups is 1. The third-order valence-electron chi connectivity index (χ3n) is 3.46. The Bertz CT molecular complexity index is 391. The van der Waals surface area contributed by atoms with Gasteiger partial charge in [-0.05, 0) is 31.9 Å². The zero-order valence-electron chi connectivity index (χ0n) is 10.6. The normalized spacial score (nSPS) is 19.5. The van der Waals surface area contributed by atoms with Gasteiger partial charge < -0.3 is 10.0 Å². The number of aryl methyl sites for hydroxylation is 1. The maximum atomic E-state index is 10.8. The molecule has 0 aliphatic carbocycles. The molecule has 1 N–H and O–H groups in total. The Labute approximate surface area is 114 Å². The fraction of sp³-hybridized carbons (Fsp3) is 0.500. The Hall–Kier alpha value is -1.06. The first-order chi connectivity index (χ1) is 8.15. The van der Waals surface area contributed by atoms with Crippen LogP contribution >= 0.6 is 12.4 Å². The quantitative estimate of drug-likeness (QED) is 0.912. The molecular formula is C14H20ClNO2. The zero-order valence-corrected chi connectivity index (χ0v) is 11.4. The van der Waals surface area contributed by atoms with Crippen molar-refractivity contribution in [2.24, 2.45) is 5.92 Å². The molecule has 1 saturated heterocycles. The predicted octanol–water partition coefficient (Wildman–Crippen LogP) is 2.37. The number of nitrogens with zero attached hydrogens (tertiary/aromatic N) is 1. The maximum Gasteiger partial charge on any atom is 0.307 e. The summed E-state index contributed by atoms with van der Waals surface area (Å²) in [6.45, 7) is 4.68. The number of halogens is 1. The van der Waals surface area contributed by atoms with E-state index >= 15 is 0 Å². The van der Waals surface area contributed by atoms with Crippen molar-refractivity contribution in [2.75, 3.05) is 19.6 Å². The topological polar surface area (TPSA) is 40.5 Å². The Kier molecular flexibility index (Phi) is 5.63. The molecule has 0 amide bonds. The molecule has 1 unspecified atom stereocenters. The standard InChI is InChI=1S/C14H19NO2.ClH/c1-11-2-4-12(5-3-11)6-8-15-9-7-13(10-15)14(16)17;/h2-5,13H,6-10H2,1H3,(H,16,17);1H. The van der Waals surface area contributed by atoms with Gasteiger partial charge in [-0.2, -0.15) is 0 Å². The van der Waals surface area contributed by atoms with Crippen LogP contribution in [0.1, 0.15) is 17.5 Å². The highest BCUT2D eigenvalue weighted by Crippen LogP contribution is 2.16. The van der Waals surface area contributed by atoms with E-state index in [1.165, 1.54) is 11.1 Å². The van der Waals surface area contributed by atoms with Crippen LogP contribution in [-0.2, 0) is 11.2 Å². The summed E-state index contributed by atoms with van der Waals surface area (Å²) < 4.78 is 0. The minimum absolute atomic E-state index is 0. The summed E-state index contributed by atoms with van der Waals surface area (Å²) in [5.41, 5.74) is 2.61. The number of carboxylic acid groups (broad SMARTS) is 1. The van der Waals surface area contributed by atoms with E-state index < -0.39 is 5.97 Å². The second kappa shape index (κ2) is 6.76. The van der Waals surface area contributed by atoms with E-state index in [0.29, 0.717) is 6.54 Å². The van der Waals surface area contributed by atoms with Crippen LogP contribution in [0, 0.1) is 12.8 Å². The number of likely N-dealkylation sites (tertiary alicyclic amines) is 1. The average molecular weight is 270 g/mol. The summed E-state index contributed by atoms with van der Waals surface area (Å²) in [6.07, 6.45) is 1.80. The van der Waals surface area contributed by atoms with Gasteiger partial charge in [0.15, 0.2) is 0 Å². The molecule has 4 heteroatoms. The smallest absolute Gasteiger partial charge is 0.307 e. The number of rotatable bonds is 4. The van der Waals surface area contributed by atoms with Crippen molar-refractivity contribution in [2.45, 2.75) is 19.8 Å². The van der Waals surface area contributed by atoms with Crippen molar-refractivity contribution in [1.82, 2.24) is 4.90 Å². The van der Waals surface area contributed by atoms with Crippen molar-refractivity contribution >= 4 is 18.4 Å². The van der Waals surface area contributed by atoms with Gasteiger partial charge >= 0.3 is 5.97 Å². The van der Waals surface area contributed by atoms with Gasteiger partial charge in [-0.15, -0.1) is 12.4 Å². The lowest BCUT2D eigenvalue weighted by atomic mass is 10.1. The average Bonchev–Trinajstić information content (AvgIpc) is 2.77. The van der Waals surface area contributed by atoms with Crippen LogP contribution in [0.5, 0.6) is 0 Å². The number of benzene rings is 1. The monoisotopic (exact) mass is 269 g/mol. The molecule has 1 aliphatic rings. The fourth-order valence-corrected chi connectivity index (χ4v) is 2.28. The molecule has 1 aliphatic heterocycles. The minimum atomic E-state index is -0.650. The Morgan fingerprint density at radius 3 is 2.61 bits per heavy atom. The summed E-state index contributed by atoms with van der Waals surface area (Å²) in [4.78, 5) is 13.1. The number of hydrogen-bond donors (Lipinski definition) is 1. The largest absolute Gasteiger partial charge is 0.481 e. The van der Waals surface area contributed by atoms with Crippen LogP contribution in [-0.4, -0.2) is 35.6 Å². The Morgan fingerprint density at radius 2 is 2.06 bits per heavy atom. The van der Waals surface area contributed by atoms with Crippen LogP contribution in [0.4, 0.5) is 0 Å². The molecule has 1 aromatic carbocycles. The van der Waals surface area contributed by atoms with Gasteiger partial charge in [0.25, 0.3) is 0 Å². The molecule has 18 heavy (non-hydrogen) atoms. The van der Waals surface area contributed by atoms with Crippen molar-refractivity contribution in [1.29, 1.82) is 0 Å². The molecule has 1 aromatic rings. The highest BCUT2D eigenvalue weighted by atomic mass is 35.5. The van der Waals surface area contributed by atoms with Gasteiger partial charge in [-0.3, -0.25) is 4.79 Å². The number of hydrogen-bond acceptors (Lipinski definition) is 2. The van der Waals surface area contributed by atoms with Gasteiger partial charge in [-0.25, -0.2) is 0 Å². The maximum absolute atomic E-state index is 10.8. The van der Waals surface area contributed by atoms with Crippen molar-refractivity contribution in [3.05, 3.63) is 35.4 Å². The van der Waals surface area contributed by atoms with E-state index in [4.69, 9.17) is 5.11 Å². The lowest BCUT2D eigenvalue weighted by molar-refractivity contribution is -0.141. The van der Waals surface area contributed by atoms with Crippen molar-refractivity contribution in [3.63, 3.8) is 0 Å². The molecule has 0 bridgehead atoms. The van der Waals surface area contributed by atoms with E-state index in [2.05, 4.69) is 36.1 Å². The van der Waals surface area contributed by atoms with Crippen LogP contribution in [0.15, 0.2) is 24.3 Å². The summed E-state index contributed by atoms with van der Waals surface area (Å²) >= 11 is 0. The Morgan fingerprint density at radius 1 is 1.39 bits per heavy atom.